The summed E-state index contributed by atoms with van der Waals surface area (Å²) < 4.78 is 28.7. The number of aliphatic hydroxyl groups is 1. The molecule has 1 aromatic heterocycles. The second-order valence-electron chi connectivity index (χ2n) is 5.29. The monoisotopic (exact) mass is 323 g/mol. The van der Waals surface area contributed by atoms with Gasteiger partial charge in [-0.3, -0.25) is 8.99 Å². The molecule has 1 N–H and O–H groups in total. The molecule has 0 spiro atoms. The summed E-state index contributed by atoms with van der Waals surface area (Å²) >= 11 is 0. The highest BCUT2D eigenvalue weighted by molar-refractivity contribution is 7.92. The Morgan fingerprint density at radius 2 is 1.91 bits per heavy atom. The van der Waals surface area contributed by atoms with Gasteiger partial charge >= 0.3 is 0 Å². The van der Waals surface area contributed by atoms with E-state index in [-0.39, 0.29) is 24.1 Å². The minimum atomic E-state index is -3.77. The van der Waals surface area contributed by atoms with E-state index in [1.165, 1.54) is 4.31 Å². The van der Waals surface area contributed by atoms with Crippen LogP contribution in [0.1, 0.15) is 25.6 Å². The Morgan fingerprint density at radius 3 is 2.41 bits per heavy atom. The molecule has 0 radical (unpaired) electrons. The molecule has 0 amide bonds. The smallest absolute Gasteiger partial charge is 0.267 e. The summed E-state index contributed by atoms with van der Waals surface area (Å²) in [6.45, 7) is 5.29. The lowest BCUT2D eigenvalue weighted by Gasteiger charge is -2.23. The fourth-order valence-corrected chi connectivity index (χ4v) is 3.79. The third-order valence-electron chi connectivity index (χ3n) is 3.32. The van der Waals surface area contributed by atoms with Crippen molar-refractivity contribution in [1.82, 2.24) is 9.78 Å². The number of hydrogen-bond acceptors (Lipinski definition) is 4. The average molecular weight is 323 g/mol. The number of aromatic nitrogens is 2. The van der Waals surface area contributed by atoms with Crippen molar-refractivity contribution < 1.29 is 13.5 Å². The Labute approximate surface area is 131 Å². The number of aryl methyl sites for hydroxylation is 1. The molecular weight excluding hydrogens is 302 g/mol. The van der Waals surface area contributed by atoms with E-state index in [1.807, 2.05) is 19.9 Å². The van der Waals surface area contributed by atoms with E-state index in [2.05, 4.69) is 5.10 Å². The van der Waals surface area contributed by atoms with Crippen LogP contribution in [0.2, 0.25) is 0 Å². The van der Waals surface area contributed by atoms with Crippen molar-refractivity contribution in [2.45, 2.75) is 31.7 Å². The van der Waals surface area contributed by atoms with Gasteiger partial charge in [-0.25, -0.2) is 8.42 Å². The quantitative estimate of drug-likeness (QED) is 0.882. The van der Waals surface area contributed by atoms with Crippen molar-refractivity contribution in [3.8, 4) is 0 Å². The van der Waals surface area contributed by atoms with Gasteiger partial charge in [-0.15, -0.1) is 0 Å². The molecule has 6 nitrogen and oxygen atoms in total. The Morgan fingerprint density at radius 1 is 1.27 bits per heavy atom. The van der Waals surface area contributed by atoms with E-state index in [0.29, 0.717) is 11.4 Å². The summed E-state index contributed by atoms with van der Waals surface area (Å²) in [4.78, 5) is 0.165. The normalized spacial score (nSPS) is 11.9. The summed E-state index contributed by atoms with van der Waals surface area (Å²) in [6, 6.07) is 8.82. The fourth-order valence-electron chi connectivity index (χ4n) is 2.17. The first-order valence-corrected chi connectivity index (χ1v) is 8.56. The number of hydrogen-bond donors (Lipinski definition) is 1. The first kappa shape index (κ1) is 16.5. The van der Waals surface area contributed by atoms with E-state index >= 15 is 0 Å². The van der Waals surface area contributed by atoms with Crippen molar-refractivity contribution >= 4 is 15.7 Å². The summed E-state index contributed by atoms with van der Waals surface area (Å²) in [5, 5.41) is 13.5. The average Bonchev–Trinajstić information content (AvgIpc) is 2.88. The van der Waals surface area contributed by atoms with Crippen molar-refractivity contribution in [3.63, 3.8) is 0 Å². The van der Waals surface area contributed by atoms with Gasteiger partial charge in [0.1, 0.15) is 4.90 Å². The predicted octanol–water partition coefficient (Wildman–Crippen LogP) is 1.96. The van der Waals surface area contributed by atoms with E-state index in [4.69, 9.17) is 0 Å². The number of benzene rings is 1. The van der Waals surface area contributed by atoms with Crippen molar-refractivity contribution in [3.05, 3.63) is 42.2 Å². The molecule has 2 aromatic rings. The van der Waals surface area contributed by atoms with Crippen molar-refractivity contribution in [1.29, 1.82) is 0 Å². The molecule has 7 heteroatoms. The second kappa shape index (κ2) is 6.50. The van der Waals surface area contributed by atoms with E-state index in [1.54, 1.807) is 42.1 Å². The van der Waals surface area contributed by atoms with Crippen LogP contribution in [0.3, 0.4) is 0 Å². The van der Waals surface area contributed by atoms with Crippen LogP contribution in [0.5, 0.6) is 0 Å². The van der Waals surface area contributed by atoms with Gasteiger partial charge in [0, 0.05) is 12.2 Å². The molecule has 1 heterocycles. The molecule has 0 bridgehead atoms. The molecular formula is C15H21N3O3S. The Balaban J connectivity index is 2.50. The molecule has 0 saturated carbocycles. The summed E-state index contributed by atoms with van der Waals surface area (Å²) in [6.07, 6.45) is 1.54. The van der Waals surface area contributed by atoms with Gasteiger partial charge in [0.15, 0.2) is 0 Å². The summed E-state index contributed by atoms with van der Waals surface area (Å²) in [7, 11) is -3.77. The largest absolute Gasteiger partial charge is 0.394 e. The molecule has 0 aliphatic heterocycles. The molecule has 0 saturated heterocycles. The van der Waals surface area contributed by atoms with Crippen molar-refractivity contribution in [2.24, 2.45) is 0 Å². The number of anilines is 1. The molecule has 1 aromatic carbocycles. The Kier molecular flexibility index (Phi) is 4.87. The van der Waals surface area contributed by atoms with Gasteiger partial charge in [0.2, 0.25) is 0 Å². The molecule has 0 aliphatic carbocycles. The zero-order valence-electron chi connectivity index (χ0n) is 13.0. The molecule has 22 heavy (non-hydrogen) atoms. The van der Waals surface area contributed by atoms with Crippen LogP contribution in [-0.2, 0) is 10.0 Å². The maximum absolute atomic E-state index is 12.9. The number of aliphatic hydroxyl groups excluding tert-OH is 1. The maximum Gasteiger partial charge on any atom is 0.267 e. The molecule has 0 atom stereocenters. The molecule has 120 valence electrons. The lowest BCUT2D eigenvalue weighted by atomic mass is 10.3. The van der Waals surface area contributed by atoms with Gasteiger partial charge in [-0.2, -0.15) is 5.10 Å². The van der Waals surface area contributed by atoms with Crippen molar-refractivity contribution in [2.75, 3.05) is 17.5 Å². The Hall–Kier alpha value is -1.86. The third-order valence-corrected chi connectivity index (χ3v) is 5.25. The number of sulfonamides is 1. The van der Waals surface area contributed by atoms with Crippen LogP contribution in [-0.4, -0.2) is 36.5 Å². The van der Waals surface area contributed by atoms with E-state index < -0.39 is 10.0 Å². The number of para-hydroxylation sites is 1. The predicted molar refractivity (Wildman–Crippen MR) is 85.4 cm³/mol. The molecule has 0 unspecified atom stereocenters. The standard InChI is InChI=1S/C15H21N3O3S/c1-12(2)17-11-15(13(3)16-17)22(20,21)18(9-10-19)14-7-5-4-6-8-14/h4-8,11-12,19H,9-10H2,1-3H3. The Bertz CT molecular complexity index is 724. The lowest BCUT2D eigenvalue weighted by Crippen LogP contribution is -2.33. The van der Waals surface area contributed by atoms with E-state index in [9.17, 15) is 13.5 Å². The van der Waals surface area contributed by atoms with E-state index in [0.717, 1.165) is 0 Å². The highest BCUT2D eigenvalue weighted by atomic mass is 32.2. The number of nitrogens with zero attached hydrogens (tertiary/aromatic N) is 3. The van der Waals surface area contributed by atoms with Crippen LogP contribution in [0.4, 0.5) is 5.69 Å². The third kappa shape index (κ3) is 3.15. The maximum atomic E-state index is 12.9. The summed E-state index contributed by atoms with van der Waals surface area (Å²) in [5.41, 5.74) is 0.973. The van der Waals surface area contributed by atoms with Crippen LogP contribution < -0.4 is 4.31 Å². The summed E-state index contributed by atoms with van der Waals surface area (Å²) in [5.74, 6) is 0. The second-order valence-corrected chi connectivity index (χ2v) is 7.12. The van der Waals surface area contributed by atoms with Gasteiger partial charge in [0.25, 0.3) is 10.0 Å². The SMILES string of the molecule is Cc1nn(C(C)C)cc1S(=O)(=O)N(CCO)c1ccccc1. The van der Waals surface area contributed by atoms with Gasteiger partial charge in [-0.1, -0.05) is 18.2 Å². The topological polar surface area (TPSA) is 75.4 Å². The van der Waals surface area contributed by atoms with Gasteiger partial charge in [0.05, 0.1) is 24.5 Å². The van der Waals surface area contributed by atoms with Crippen LogP contribution in [0, 0.1) is 6.92 Å². The molecule has 0 fully saturated rings. The highest BCUT2D eigenvalue weighted by Crippen LogP contribution is 2.25. The highest BCUT2D eigenvalue weighted by Gasteiger charge is 2.28. The number of rotatable bonds is 6. The molecule has 2 rings (SSSR count). The zero-order valence-corrected chi connectivity index (χ0v) is 13.8. The lowest BCUT2D eigenvalue weighted by molar-refractivity contribution is 0.306. The van der Waals surface area contributed by atoms with Gasteiger partial charge in [-0.05, 0) is 32.9 Å². The minimum absolute atomic E-state index is 0.00134. The first-order valence-electron chi connectivity index (χ1n) is 7.12. The fraction of sp³-hybridized carbons (Fsp3) is 0.400. The first-order chi connectivity index (χ1) is 10.4. The van der Waals surface area contributed by atoms with Crippen LogP contribution >= 0.6 is 0 Å². The van der Waals surface area contributed by atoms with Gasteiger partial charge < -0.3 is 5.11 Å². The van der Waals surface area contributed by atoms with Crippen LogP contribution in [0.15, 0.2) is 41.4 Å². The molecule has 0 aliphatic rings. The zero-order chi connectivity index (χ0) is 16.3. The van der Waals surface area contributed by atoms with Crippen LogP contribution in [0.25, 0.3) is 0 Å². The minimum Gasteiger partial charge on any atom is -0.394 e.